The van der Waals surface area contributed by atoms with E-state index in [4.69, 9.17) is 14.6 Å². The number of carbonyl (C=O) groups excluding carboxylic acids is 3. The molecule has 9 nitrogen and oxygen atoms in total. The van der Waals surface area contributed by atoms with Gasteiger partial charge < -0.3 is 19.9 Å². The minimum absolute atomic E-state index is 0.0568. The van der Waals surface area contributed by atoms with E-state index in [1.165, 1.54) is 36.4 Å². The van der Waals surface area contributed by atoms with Gasteiger partial charge in [-0.3, -0.25) is 19.3 Å². The van der Waals surface area contributed by atoms with Crippen molar-refractivity contribution < 1.29 is 38.1 Å². The largest absolute Gasteiger partial charge is 0.490 e. The number of nitrogens with zero attached hydrogens (tertiary/aromatic N) is 1. The molecule has 0 unspecified atom stereocenters. The van der Waals surface area contributed by atoms with Crippen LogP contribution < -0.4 is 14.8 Å². The summed E-state index contributed by atoms with van der Waals surface area (Å²) in [5.74, 6) is -2.68. The summed E-state index contributed by atoms with van der Waals surface area (Å²) in [7, 11) is 0. The number of thioether (sulfide) groups is 1. The monoisotopic (exact) mass is 474 g/mol. The zero-order valence-electron chi connectivity index (χ0n) is 17.4. The molecule has 0 spiro atoms. The SMILES string of the molecule is CCOc1cc(/C=C2\SC(=O)N(CC(=O)Nc3ccccc3F)C2=O)ccc1OCC(=O)O. The van der Waals surface area contributed by atoms with Crippen molar-refractivity contribution in [3.63, 3.8) is 0 Å². The summed E-state index contributed by atoms with van der Waals surface area (Å²) >= 11 is 0.660. The predicted octanol–water partition coefficient (Wildman–Crippen LogP) is 3.36. The summed E-state index contributed by atoms with van der Waals surface area (Å²) in [5, 5.41) is 10.5. The lowest BCUT2D eigenvalue weighted by Crippen LogP contribution is -2.36. The number of carbonyl (C=O) groups is 4. The molecule has 0 aliphatic carbocycles. The normalized spacial score (nSPS) is 14.5. The highest BCUT2D eigenvalue weighted by atomic mass is 32.2. The molecule has 3 rings (SSSR count). The fraction of sp³-hybridized carbons (Fsp3) is 0.182. The van der Waals surface area contributed by atoms with Gasteiger partial charge in [-0.2, -0.15) is 0 Å². The Morgan fingerprint density at radius 3 is 2.61 bits per heavy atom. The number of aliphatic carboxylic acids is 1. The van der Waals surface area contributed by atoms with Gasteiger partial charge in [-0.15, -0.1) is 0 Å². The Hall–Kier alpha value is -3.86. The minimum Gasteiger partial charge on any atom is -0.490 e. The Balaban J connectivity index is 1.73. The molecule has 11 heteroatoms. The molecule has 1 fully saturated rings. The van der Waals surface area contributed by atoms with Crippen LogP contribution in [0.5, 0.6) is 11.5 Å². The number of carboxylic acids is 1. The molecule has 0 radical (unpaired) electrons. The quantitative estimate of drug-likeness (QED) is 0.531. The van der Waals surface area contributed by atoms with E-state index >= 15 is 0 Å². The first kappa shape index (κ1) is 23.8. The molecule has 0 aromatic heterocycles. The zero-order valence-corrected chi connectivity index (χ0v) is 18.2. The number of anilines is 1. The van der Waals surface area contributed by atoms with E-state index in [0.717, 1.165) is 4.90 Å². The van der Waals surface area contributed by atoms with E-state index < -0.39 is 42.0 Å². The van der Waals surface area contributed by atoms with E-state index in [-0.39, 0.29) is 22.1 Å². The van der Waals surface area contributed by atoms with E-state index in [2.05, 4.69) is 5.32 Å². The van der Waals surface area contributed by atoms with Crippen molar-refractivity contribution in [2.45, 2.75) is 6.92 Å². The van der Waals surface area contributed by atoms with Crippen LogP contribution in [-0.4, -0.2) is 52.8 Å². The smallest absolute Gasteiger partial charge is 0.341 e. The number of amides is 3. The molecule has 3 amide bonds. The van der Waals surface area contributed by atoms with E-state index in [1.807, 2.05) is 0 Å². The fourth-order valence-corrected chi connectivity index (χ4v) is 3.66. The predicted molar refractivity (Wildman–Crippen MR) is 118 cm³/mol. The summed E-state index contributed by atoms with van der Waals surface area (Å²) in [6, 6.07) is 10.1. The molecular weight excluding hydrogens is 455 g/mol. The van der Waals surface area contributed by atoms with E-state index in [1.54, 1.807) is 19.1 Å². The molecule has 0 saturated carbocycles. The topological polar surface area (TPSA) is 122 Å². The third-order valence-electron chi connectivity index (χ3n) is 4.24. The zero-order chi connectivity index (χ0) is 24.0. The second-order valence-electron chi connectivity index (χ2n) is 6.62. The van der Waals surface area contributed by atoms with Gasteiger partial charge in [0.05, 0.1) is 17.2 Å². The van der Waals surface area contributed by atoms with Crippen molar-refractivity contribution in [3.05, 3.63) is 58.8 Å². The number of para-hydroxylation sites is 1. The van der Waals surface area contributed by atoms with Crippen LogP contribution >= 0.6 is 11.8 Å². The summed E-state index contributed by atoms with van der Waals surface area (Å²) in [6.45, 7) is 0.918. The van der Waals surface area contributed by atoms with Crippen molar-refractivity contribution in [1.82, 2.24) is 4.90 Å². The number of ether oxygens (including phenoxy) is 2. The molecule has 0 atom stereocenters. The van der Waals surface area contributed by atoms with Crippen molar-refractivity contribution >= 4 is 46.5 Å². The maximum Gasteiger partial charge on any atom is 0.341 e. The fourth-order valence-electron chi connectivity index (χ4n) is 2.83. The molecule has 2 aromatic rings. The number of carboxylic acid groups (broad SMARTS) is 1. The van der Waals surface area contributed by atoms with E-state index in [9.17, 15) is 23.6 Å². The maximum atomic E-state index is 13.7. The van der Waals surface area contributed by atoms with Gasteiger partial charge in [-0.05, 0) is 54.6 Å². The molecular formula is C22H19FN2O7S. The van der Waals surface area contributed by atoms with E-state index in [0.29, 0.717) is 23.9 Å². The first-order chi connectivity index (χ1) is 15.8. The van der Waals surface area contributed by atoms with Crippen molar-refractivity contribution in [1.29, 1.82) is 0 Å². The average Bonchev–Trinajstić information content (AvgIpc) is 3.02. The summed E-state index contributed by atoms with van der Waals surface area (Å²) in [5.41, 5.74) is 0.445. The number of nitrogens with one attached hydrogen (secondary N) is 1. The highest BCUT2D eigenvalue weighted by Crippen LogP contribution is 2.34. The van der Waals surface area contributed by atoms with Crippen molar-refractivity contribution in [2.75, 3.05) is 25.1 Å². The lowest BCUT2D eigenvalue weighted by Gasteiger charge is -2.13. The molecule has 2 aromatic carbocycles. The molecule has 172 valence electrons. The second kappa shape index (κ2) is 10.6. The second-order valence-corrected chi connectivity index (χ2v) is 7.61. The molecule has 0 bridgehead atoms. The van der Waals surface area contributed by atoms with Gasteiger partial charge >= 0.3 is 5.97 Å². The number of halogens is 1. The number of hydrogen-bond acceptors (Lipinski definition) is 7. The van der Waals surface area contributed by atoms with Crippen LogP contribution in [0.25, 0.3) is 6.08 Å². The van der Waals surface area contributed by atoms with Crippen LogP contribution in [0, 0.1) is 5.82 Å². The van der Waals surface area contributed by atoms with Crippen LogP contribution in [0.4, 0.5) is 14.9 Å². The van der Waals surface area contributed by atoms with Gasteiger partial charge in [0.2, 0.25) is 5.91 Å². The number of hydrogen-bond donors (Lipinski definition) is 2. The van der Waals surface area contributed by atoms with Gasteiger partial charge in [0.15, 0.2) is 18.1 Å². The molecule has 33 heavy (non-hydrogen) atoms. The molecule has 2 N–H and O–H groups in total. The standard InChI is InChI=1S/C22H19FN2O7S/c1-2-31-17-9-13(7-8-16(17)32-12-20(27)28)10-18-21(29)25(22(30)33-18)11-19(26)24-15-6-4-3-5-14(15)23/h3-10H,2,11-12H2,1H3,(H,24,26)(H,27,28)/b18-10-. The van der Waals surface area contributed by atoms with Gasteiger partial charge in [0, 0.05) is 0 Å². The average molecular weight is 474 g/mol. The maximum absolute atomic E-state index is 13.7. The van der Waals surface area contributed by atoms with Gasteiger partial charge in [-0.25, -0.2) is 9.18 Å². The lowest BCUT2D eigenvalue weighted by molar-refractivity contribution is -0.139. The number of rotatable bonds is 9. The van der Waals surface area contributed by atoms with Crippen molar-refractivity contribution in [2.24, 2.45) is 0 Å². The minimum atomic E-state index is -1.14. The van der Waals surface area contributed by atoms with Crippen LogP contribution in [-0.2, 0) is 14.4 Å². The van der Waals surface area contributed by atoms with Crippen LogP contribution in [0.3, 0.4) is 0 Å². The Labute approximate surface area is 192 Å². The Morgan fingerprint density at radius 2 is 1.91 bits per heavy atom. The van der Waals surface area contributed by atoms with Gasteiger partial charge in [0.1, 0.15) is 12.4 Å². The highest BCUT2D eigenvalue weighted by Gasteiger charge is 2.36. The third-order valence-corrected chi connectivity index (χ3v) is 5.15. The van der Waals surface area contributed by atoms with Crippen LogP contribution in [0.2, 0.25) is 0 Å². The molecule has 1 aliphatic rings. The van der Waals surface area contributed by atoms with Gasteiger partial charge in [-0.1, -0.05) is 18.2 Å². The Kier molecular flexibility index (Phi) is 7.67. The van der Waals surface area contributed by atoms with Crippen LogP contribution in [0.1, 0.15) is 12.5 Å². The highest BCUT2D eigenvalue weighted by molar-refractivity contribution is 8.18. The molecule has 1 aliphatic heterocycles. The van der Waals surface area contributed by atoms with Crippen molar-refractivity contribution in [3.8, 4) is 11.5 Å². The third kappa shape index (κ3) is 6.10. The Bertz CT molecular complexity index is 1140. The molecule has 1 heterocycles. The lowest BCUT2D eigenvalue weighted by atomic mass is 10.2. The summed E-state index contributed by atoms with van der Waals surface area (Å²) in [4.78, 5) is 48.8. The Morgan fingerprint density at radius 1 is 1.15 bits per heavy atom. The summed E-state index contributed by atoms with van der Waals surface area (Å²) in [6.07, 6.45) is 1.45. The first-order valence-corrected chi connectivity index (χ1v) is 10.5. The van der Waals surface area contributed by atoms with Crippen LogP contribution in [0.15, 0.2) is 47.4 Å². The van der Waals surface area contributed by atoms with Gasteiger partial charge in [0.25, 0.3) is 11.1 Å². The first-order valence-electron chi connectivity index (χ1n) is 9.69. The molecule has 1 saturated heterocycles. The number of imide groups is 1. The summed E-state index contributed by atoms with van der Waals surface area (Å²) < 4.78 is 24.3. The number of benzene rings is 2.